The Bertz CT molecular complexity index is 1470. The average Bonchev–Trinajstić information content (AvgIpc) is 3.60. The lowest BCUT2D eigenvalue weighted by Gasteiger charge is -2.24. The molecule has 1 fully saturated rings. The Morgan fingerprint density at radius 3 is 2.49 bits per heavy atom. The molecule has 0 N–H and O–H groups in total. The molecule has 0 aliphatic carbocycles. The maximum atomic E-state index is 11.9. The lowest BCUT2D eigenvalue weighted by atomic mass is 9.98. The number of nitrogens with zero attached hydrogens (tertiary/aromatic N) is 5. The van der Waals surface area contributed by atoms with E-state index in [0.717, 1.165) is 73.1 Å². The van der Waals surface area contributed by atoms with Crippen LogP contribution in [-0.2, 0) is 17.8 Å². The van der Waals surface area contributed by atoms with Crippen molar-refractivity contribution in [2.24, 2.45) is 4.99 Å². The second-order valence-corrected chi connectivity index (χ2v) is 10.00. The topological polar surface area (TPSA) is 73.9 Å². The Morgan fingerprint density at radius 1 is 1.00 bits per heavy atom. The number of aromatic nitrogens is 1. The highest BCUT2D eigenvalue weighted by Crippen LogP contribution is 2.31. The number of carbonyl (C=O) groups excluding carboxylic acids is 1. The molecule has 1 saturated heterocycles. The zero-order chi connectivity index (χ0) is 27.0. The summed E-state index contributed by atoms with van der Waals surface area (Å²) in [7, 11) is 2.11. The standard InChI is InChI=1S/C27H22N4O.C5H11NO/c28-12-20-8-10-21(11-9-20)14-31-19-29-13-24(31)16-30-15-23(18-32)27(17-30)26-7-3-5-22-4-1-2-6-25(22)26;1-6-2-4-7-5-3-6/h1-11,15,17-19,24H,13-14,16H2;2-5H2,1H3. The SMILES string of the molecule is CN1CCOCC1.N#Cc1ccc(CN2C=NCC2Cn2cc(C=O)c(-c3cccc4ccccc34)c2)cc1. The molecule has 2 aliphatic heterocycles. The van der Waals surface area contributed by atoms with Gasteiger partial charge in [0.2, 0.25) is 0 Å². The zero-order valence-corrected chi connectivity index (χ0v) is 22.2. The third-order valence-corrected chi connectivity index (χ3v) is 7.24. The van der Waals surface area contributed by atoms with Gasteiger partial charge in [0.1, 0.15) is 0 Å². The van der Waals surface area contributed by atoms with Crippen LogP contribution in [0.25, 0.3) is 21.9 Å². The number of aliphatic imine (C=N–C) groups is 1. The lowest BCUT2D eigenvalue weighted by Crippen LogP contribution is -2.34. The summed E-state index contributed by atoms with van der Waals surface area (Å²) >= 11 is 0. The first-order valence-corrected chi connectivity index (χ1v) is 13.3. The second-order valence-electron chi connectivity index (χ2n) is 10.00. The predicted octanol–water partition coefficient (Wildman–Crippen LogP) is 4.85. The molecule has 1 aromatic heterocycles. The van der Waals surface area contributed by atoms with E-state index in [1.165, 1.54) is 0 Å². The monoisotopic (exact) mass is 519 g/mol. The molecular formula is C32H33N5O2. The molecule has 0 saturated carbocycles. The summed E-state index contributed by atoms with van der Waals surface area (Å²) in [6, 6.07) is 24.5. The maximum absolute atomic E-state index is 11.9. The predicted molar refractivity (Wildman–Crippen MR) is 155 cm³/mol. The summed E-state index contributed by atoms with van der Waals surface area (Å²) in [6.07, 6.45) is 6.85. The van der Waals surface area contributed by atoms with E-state index in [1.807, 2.05) is 55.0 Å². The van der Waals surface area contributed by atoms with E-state index in [0.29, 0.717) is 17.7 Å². The largest absolute Gasteiger partial charge is 0.379 e. The molecule has 2 aliphatic rings. The number of rotatable bonds is 6. The fraction of sp³-hybridized carbons (Fsp3) is 0.281. The second kappa shape index (κ2) is 12.5. The van der Waals surface area contributed by atoms with Gasteiger partial charge < -0.3 is 19.1 Å². The van der Waals surface area contributed by atoms with Gasteiger partial charge in [0.15, 0.2) is 6.29 Å². The Morgan fingerprint density at radius 2 is 1.77 bits per heavy atom. The molecule has 0 bridgehead atoms. The summed E-state index contributed by atoms with van der Waals surface area (Å²) in [5.74, 6) is 0. The fourth-order valence-corrected chi connectivity index (χ4v) is 5.01. The van der Waals surface area contributed by atoms with Crippen molar-refractivity contribution >= 4 is 23.4 Å². The first-order chi connectivity index (χ1) is 19.1. The van der Waals surface area contributed by atoms with Gasteiger partial charge in [0.05, 0.1) is 43.8 Å². The summed E-state index contributed by atoms with van der Waals surface area (Å²) < 4.78 is 7.20. The van der Waals surface area contributed by atoms with Crippen LogP contribution in [0.2, 0.25) is 0 Å². The van der Waals surface area contributed by atoms with Gasteiger partial charge in [-0.15, -0.1) is 0 Å². The summed E-state index contributed by atoms with van der Waals surface area (Å²) in [4.78, 5) is 20.8. The molecule has 3 heterocycles. The molecule has 0 radical (unpaired) electrons. The van der Waals surface area contributed by atoms with Crippen LogP contribution in [0.4, 0.5) is 0 Å². The van der Waals surface area contributed by atoms with Crippen molar-refractivity contribution in [3.63, 3.8) is 0 Å². The van der Waals surface area contributed by atoms with Crippen LogP contribution in [0.1, 0.15) is 21.5 Å². The summed E-state index contributed by atoms with van der Waals surface area (Å²) in [5, 5.41) is 11.3. The van der Waals surface area contributed by atoms with Crippen LogP contribution in [0.3, 0.4) is 0 Å². The van der Waals surface area contributed by atoms with Gasteiger partial charge in [0, 0.05) is 49.7 Å². The van der Waals surface area contributed by atoms with Crippen molar-refractivity contribution in [3.05, 3.63) is 95.8 Å². The number of hydrogen-bond donors (Lipinski definition) is 0. The quantitative estimate of drug-likeness (QED) is 0.341. The molecular weight excluding hydrogens is 486 g/mol. The minimum absolute atomic E-state index is 0.206. The molecule has 7 heteroatoms. The number of carbonyl (C=O) groups is 1. The van der Waals surface area contributed by atoms with Crippen LogP contribution >= 0.6 is 0 Å². The third-order valence-electron chi connectivity index (χ3n) is 7.24. The number of morpholine rings is 1. The number of aldehydes is 1. The number of ether oxygens (including phenoxy) is 1. The van der Waals surface area contributed by atoms with Crippen molar-refractivity contribution in [2.75, 3.05) is 39.9 Å². The van der Waals surface area contributed by atoms with E-state index in [9.17, 15) is 4.79 Å². The minimum atomic E-state index is 0.206. The van der Waals surface area contributed by atoms with Crippen LogP contribution in [0.5, 0.6) is 0 Å². The summed E-state index contributed by atoms with van der Waals surface area (Å²) in [6.45, 7) is 6.21. The Kier molecular flexibility index (Phi) is 8.47. The molecule has 198 valence electrons. The van der Waals surface area contributed by atoms with Crippen LogP contribution in [0.15, 0.2) is 84.1 Å². The van der Waals surface area contributed by atoms with E-state index in [2.05, 4.69) is 62.9 Å². The highest BCUT2D eigenvalue weighted by atomic mass is 16.5. The zero-order valence-electron chi connectivity index (χ0n) is 22.2. The van der Waals surface area contributed by atoms with E-state index in [-0.39, 0.29) is 6.04 Å². The van der Waals surface area contributed by atoms with Crippen molar-refractivity contribution in [1.29, 1.82) is 5.26 Å². The highest BCUT2D eigenvalue weighted by Gasteiger charge is 2.22. The Balaban J connectivity index is 0.000000384. The molecule has 0 amide bonds. The van der Waals surface area contributed by atoms with E-state index >= 15 is 0 Å². The number of hydrogen-bond acceptors (Lipinski definition) is 6. The number of likely N-dealkylation sites (N-methyl/N-ethyl adjacent to an activating group) is 1. The van der Waals surface area contributed by atoms with E-state index in [4.69, 9.17) is 10.00 Å². The number of benzene rings is 3. The van der Waals surface area contributed by atoms with Crippen molar-refractivity contribution < 1.29 is 9.53 Å². The molecule has 4 aromatic rings. The minimum Gasteiger partial charge on any atom is -0.379 e. The van der Waals surface area contributed by atoms with E-state index in [1.54, 1.807) is 0 Å². The van der Waals surface area contributed by atoms with Gasteiger partial charge in [-0.2, -0.15) is 5.26 Å². The lowest BCUT2D eigenvalue weighted by molar-refractivity contribution is 0.0503. The van der Waals surface area contributed by atoms with Gasteiger partial charge in [0.25, 0.3) is 0 Å². The first kappa shape index (κ1) is 26.4. The molecule has 1 unspecified atom stereocenters. The van der Waals surface area contributed by atoms with Crippen molar-refractivity contribution in [1.82, 2.24) is 14.4 Å². The first-order valence-electron chi connectivity index (χ1n) is 13.3. The van der Waals surface area contributed by atoms with E-state index < -0.39 is 0 Å². The molecule has 6 rings (SSSR count). The van der Waals surface area contributed by atoms with Gasteiger partial charge in [-0.25, -0.2) is 0 Å². The van der Waals surface area contributed by atoms with Gasteiger partial charge in [-0.3, -0.25) is 9.79 Å². The smallest absolute Gasteiger partial charge is 0.152 e. The van der Waals surface area contributed by atoms with Gasteiger partial charge >= 0.3 is 0 Å². The maximum Gasteiger partial charge on any atom is 0.152 e. The fourth-order valence-electron chi connectivity index (χ4n) is 5.01. The highest BCUT2D eigenvalue weighted by molar-refractivity contribution is 6.00. The molecule has 1 atom stereocenters. The molecule has 0 spiro atoms. The molecule has 39 heavy (non-hydrogen) atoms. The normalized spacial score (nSPS) is 17.0. The van der Waals surface area contributed by atoms with Crippen LogP contribution in [0, 0.1) is 11.3 Å². The molecule has 3 aromatic carbocycles. The third kappa shape index (κ3) is 6.43. The van der Waals surface area contributed by atoms with Gasteiger partial charge in [-0.05, 0) is 41.1 Å². The summed E-state index contributed by atoms with van der Waals surface area (Å²) in [5.41, 5.74) is 4.52. The Hall–Kier alpha value is -4.25. The van der Waals surface area contributed by atoms with Crippen molar-refractivity contribution in [3.8, 4) is 17.2 Å². The Labute approximate surface area is 229 Å². The van der Waals surface area contributed by atoms with Crippen LogP contribution < -0.4 is 0 Å². The average molecular weight is 520 g/mol. The molecule has 7 nitrogen and oxygen atoms in total. The van der Waals surface area contributed by atoms with Crippen LogP contribution in [-0.4, -0.2) is 72.9 Å². The van der Waals surface area contributed by atoms with Gasteiger partial charge in [-0.1, -0.05) is 54.6 Å². The number of nitriles is 1. The number of fused-ring (bicyclic) bond motifs is 1. The van der Waals surface area contributed by atoms with Crippen molar-refractivity contribution in [2.45, 2.75) is 19.1 Å².